The second-order valence-electron chi connectivity index (χ2n) is 8.16. The molecule has 0 radical (unpaired) electrons. The van der Waals surface area contributed by atoms with Crippen molar-refractivity contribution in [3.05, 3.63) is 107 Å². The van der Waals surface area contributed by atoms with Gasteiger partial charge in [-0.3, -0.25) is 19.2 Å². The molecular weight excluding hydrogens is 528 g/mol. The van der Waals surface area contributed by atoms with Crippen LogP contribution in [-0.4, -0.2) is 35.6 Å². The third-order valence-electron chi connectivity index (χ3n) is 5.66. The number of anilines is 2. The Kier molecular flexibility index (Phi) is 6.61. The number of halogens is 1. The first-order valence-corrected chi connectivity index (χ1v) is 11.7. The lowest BCUT2D eigenvalue weighted by Crippen LogP contribution is -2.29. The Morgan fingerprint density at radius 1 is 0.564 bits per heavy atom. The largest absolute Gasteiger partial charge is 0.423 e. The van der Waals surface area contributed by atoms with Crippen molar-refractivity contribution in [1.29, 1.82) is 0 Å². The number of hydrogen-bond acceptors (Lipinski definition) is 8. The van der Waals surface area contributed by atoms with Gasteiger partial charge in [0.25, 0.3) is 23.6 Å². The maximum Gasteiger partial charge on any atom is 0.343 e. The van der Waals surface area contributed by atoms with Crippen LogP contribution in [0.1, 0.15) is 20.7 Å². The molecule has 0 saturated carbocycles. The standard InChI is InChI=1S/C28H15ClN2O8/c29-21-15-20(38-27(36)16-1-5-18(6-2-16)30-23(32)11-12-24(30)33)9-10-22(21)39-28(37)17-3-7-19(8-4-17)31-25(34)13-14-26(31)35/h1-15H. The summed E-state index contributed by atoms with van der Waals surface area (Å²) >= 11 is 6.22. The molecule has 4 amide bonds. The van der Waals surface area contributed by atoms with E-state index >= 15 is 0 Å². The van der Waals surface area contributed by atoms with Crippen LogP contribution in [0.2, 0.25) is 5.02 Å². The van der Waals surface area contributed by atoms with Gasteiger partial charge in [-0.05, 0) is 60.7 Å². The fourth-order valence-electron chi connectivity index (χ4n) is 3.76. The van der Waals surface area contributed by atoms with Gasteiger partial charge in [0.05, 0.1) is 27.5 Å². The zero-order chi connectivity index (χ0) is 27.7. The Morgan fingerprint density at radius 2 is 0.974 bits per heavy atom. The van der Waals surface area contributed by atoms with E-state index in [0.717, 1.165) is 34.1 Å². The van der Waals surface area contributed by atoms with Gasteiger partial charge < -0.3 is 9.47 Å². The van der Waals surface area contributed by atoms with Gasteiger partial charge in [0.2, 0.25) is 0 Å². The first-order chi connectivity index (χ1) is 18.7. The van der Waals surface area contributed by atoms with Crippen LogP contribution in [0.5, 0.6) is 11.5 Å². The molecule has 2 heterocycles. The summed E-state index contributed by atoms with van der Waals surface area (Å²) in [6, 6.07) is 15.4. The molecule has 3 aromatic rings. The van der Waals surface area contributed by atoms with Gasteiger partial charge in [-0.25, -0.2) is 19.4 Å². The number of nitrogens with zero attached hydrogens (tertiary/aromatic N) is 2. The molecule has 0 N–H and O–H groups in total. The second-order valence-corrected chi connectivity index (χ2v) is 8.56. The molecule has 0 unspecified atom stereocenters. The van der Waals surface area contributed by atoms with E-state index in [1.807, 2.05) is 0 Å². The first-order valence-electron chi connectivity index (χ1n) is 11.3. The molecule has 5 rings (SSSR count). The van der Waals surface area contributed by atoms with E-state index in [4.69, 9.17) is 21.1 Å². The summed E-state index contributed by atoms with van der Waals surface area (Å²) in [5.41, 5.74) is 0.925. The number of carbonyl (C=O) groups is 6. The fourth-order valence-corrected chi connectivity index (χ4v) is 3.96. The summed E-state index contributed by atoms with van der Waals surface area (Å²) in [7, 11) is 0. The average Bonchev–Trinajstić information content (AvgIpc) is 3.44. The molecule has 0 bridgehead atoms. The van der Waals surface area contributed by atoms with E-state index in [-0.39, 0.29) is 27.6 Å². The lowest BCUT2D eigenvalue weighted by atomic mass is 10.2. The van der Waals surface area contributed by atoms with Crippen molar-refractivity contribution in [1.82, 2.24) is 0 Å². The van der Waals surface area contributed by atoms with Crippen LogP contribution in [0.4, 0.5) is 11.4 Å². The van der Waals surface area contributed by atoms with Crippen molar-refractivity contribution in [3.63, 3.8) is 0 Å². The number of hydrogen-bond donors (Lipinski definition) is 0. The molecule has 39 heavy (non-hydrogen) atoms. The van der Waals surface area contributed by atoms with Gasteiger partial charge in [-0.2, -0.15) is 0 Å². The highest BCUT2D eigenvalue weighted by atomic mass is 35.5. The Balaban J connectivity index is 1.21. The molecule has 10 nitrogen and oxygen atoms in total. The maximum absolute atomic E-state index is 12.6. The van der Waals surface area contributed by atoms with Crippen molar-refractivity contribution in [2.75, 3.05) is 9.80 Å². The minimum absolute atomic E-state index is 0.00138. The van der Waals surface area contributed by atoms with Crippen LogP contribution in [-0.2, 0) is 19.2 Å². The number of rotatable bonds is 6. The van der Waals surface area contributed by atoms with Crippen LogP contribution in [0, 0.1) is 0 Å². The fraction of sp³-hybridized carbons (Fsp3) is 0. The third-order valence-corrected chi connectivity index (χ3v) is 5.95. The van der Waals surface area contributed by atoms with Gasteiger partial charge in [0, 0.05) is 30.4 Å². The first kappa shape index (κ1) is 25.3. The van der Waals surface area contributed by atoms with E-state index in [2.05, 4.69) is 0 Å². The zero-order valence-corrected chi connectivity index (χ0v) is 20.5. The van der Waals surface area contributed by atoms with E-state index in [1.54, 1.807) is 0 Å². The normalized spacial score (nSPS) is 14.4. The molecule has 3 aromatic carbocycles. The molecule has 2 aliphatic rings. The summed E-state index contributed by atoms with van der Waals surface area (Å²) in [6.45, 7) is 0. The summed E-state index contributed by atoms with van der Waals surface area (Å²) in [4.78, 5) is 74.2. The van der Waals surface area contributed by atoms with Gasteiger partial charge in [-0.1, -0.05) is 11.6 Å². The average molecular weight is 543 g/mol. The van der Waals surface area contributed by atoms with Gasteiger partial charge in [-0.15, -0.1) is 0 Å². The zero-order valence-electron chi connectivity index (χ0n) is 19.7. The van der Waals surface area contributed by atoms with Crippen LogP contribution in [0.15, 0.2) is 91.0 Å². The summed E-state index contributed by atoms with van der Waals surface area (Å²) in [6.07, 6.45) is 4.63. The Hall–Kier alpha value is -5.35. The van der Waals surface area contributed by atoms with E-state index in [1.165, 1.54) is 66.7 Å². The third kappa shape index (κ3) is 5.09. The minimum atomic E-state index is -0.740. The number of esters is 2. The van der Waals surface area contributed by atoms with Crippen molar-refractivity contribution in [3.8, 4) is 11.5 Å². The van der Waals surface area contributed by atoms with Crippen LogP contribution in [0.3, 0.4) is 0 Å². The second kappa shape index (κ2) is 10.2. The van der Waals surface area contributed by atoms with E-state index < -0.39 is 35.6 Å². The molecule has 192 valence electrons. The van der Waals surface area contributed by atoms with Crippen LogP contribution < -0.4 is 19.3 Å². The summed E-state index contributed by atoms with van der Waals surface area (Å²) < 4.78 is 10.7. The molecule has 0 saturated heterocycles. The molecule has 2 aliphatic heterocycles. The number of benzene rings is 3. The highest BCUT2D eigenvalue weighted by molar-refractivity contribution is 6.32. The minimum Gasteiger partial charge on any atom is -0.423 e. The predicted octanol–water partition coefficient (Wildman–Crippen LogP) is 3.64. The SMILES string of the molecule is O=C(Oc1ccc(OC(=O)c2ccc(N3C(=O)C=CC3=O)cc2)c(Cl)c1)c1ccc(N2C(=O)C=CC2=O)cc1. The molecule has 0 aliphatic carbocycles. The number of amides is 4. The maximum atomic E-state index is 12.6. The van der Waals surface area contributed by atoms with Crippen molar-refractivity contribution in [2.24, 2.45) is 0 Å². The smallest absolute Gasteiger partial charge is 0.343 e. The lowest BCUT2D eigenvalue weighted by Gasteiger charge is -2.14. The van der Waals surface area contributed by atoms with Crippen LogP contribution >= 0.6 is 11.6 Å². The van der Waals surface area contributed by atoms with Crippen molar-refractivity contribution < 1.29 is 38.2 Å². The highest BCUT2D eigenvalue weighted by Gasteiger charge is 2.26. The van der Waals surface area contributed by atoms with Crippen molar-refractivity contribution in [2.45, 2.75) is 0 Å². The van der Waals surface area contributed by atoms with Gasteiger partial charge in [0.1, 0.15) is 11.5 Å². The number of imide groups is 2. The molecule has 0 aromatic heterocycles. The monoisotopic (exact) mass is 542 g/mol. The van der Waals surface area contributed by atoms with Crippen LogP contribution in [0.25, 0.3) is 0 Å². The van der Waals surface area contributed by atoms with E-state index in [9.17, 15) is 28.8 Å². The van der Waals surface area contributed by atoms with Crippen molar-refractivity contribution >= 4 is 58.5 Å². The molecule has 0 spiro atoms. The summed E-state index contributed by atoms with van der Waals surface area (Å²) in [5.74, 6) is -3.27. The summed E-state index contributed by atoms with van der Waals surface area (Å²) in [5, 5.41) is -0.00138. The van der Waals surface area contributed by atoms with E-state index in [0.29, 0.717) is 11.4 Å². The molecule has 0 fully saturated rings. The molecular formula is C28H15ClN2O8. The number of ether oxygens (including phenoxy) is 2. The number of carbonyl (C=O) groups excluding carboxylic acids is 6. The Labute approximate surface area is 225 Å². The topological polar surface area (TPSA) is 127 Å². The lowest BCUT2D eigenvalue weighted by molar-refractivity contribution is -0.121. The Morgan fingerprint density at radius 3 is 1.38 bits per heavy atom. The predicted molar refractivity (Wildman–Crippen MR) is 138 cm³/mol. The molecule has 11 heteroatoms. The van der Waals surface area contributed by atoms with Gasteiger partial charge in [0.15, 0.2) is 0 Å². The highest BCUT2D eigenvalue weighted by Crippen LogP contribution is 2.30. The quantitative estimate of drug-likeness (QED) is 0.262. The van der Waals surface area contributed by atoms with Gasteiger partial charge >= 0.3 is 11.9 Å². The Bertz CT molecular complexity index is 1590. The molecule has 0 atom stereocenters.